The largest absolute Gasteiger partial charge is 0.377 e. The molecule has 0 amide bonds. The van der Waals surface area contributed by atoms with Gasteiger partial charge in [-0.2, -0.15) is 0 Å². The fourth-order valence-electron chi connectivity index (χ4n) is 1.84. The van der Waals surface area contributed by atoms with Crippen molar-refractivity contribution in [3.05, 3.63) is 35.9 Å². The Morgan fingerprint density at radius 2 is 2.14 bits per heavy atom. The molecular formula is C12H17NO. The van der Waals surface area contributed by atoms with Gasteiger partial charge in [0, 0.05) is 19.2 Å². The zero-order chi connectivity index (χ0) is 9.80. The topological polar surface area (TPSA) is 21.3 Å². The molecule has 2 unspecified atom stereocenters. The van der Waals surface area contributed by atoms with Crippen molar-refractivity contribution < 1.29 is 4.74 Å². The lowest BCUT2D eigenvalue weighted by Crippen LogP contribution is -2.34. The Kier molecular flexibility index (Phi) is 3.17. The standard InChI is InChI=1S/C12H17NO/c1-10-12(7-8-14-10)13-9-11-5-3-2-4-6-11/h2-6,10,12-13H,7-9H2,1H3. The van der Waals surface area contributed by atoms with Crippen molar-refractivity contribution in [2.75, 3.05) is 6.61 Å². The highest BCUT2D eigenvalue weighted by Gasteiger charge is 2.22. The van der Waals surface area contributed by atoms with Crippen LogP contribution in [0.15, 0.2) is 30.3 Å². The third-order valence-corrected chi connectivity index (χ3v) is 2.79. The minimum absolute atomic E-state index is 0.360. The Morgan fingerprint density at radius 1 is 1.36 bits per heavy atom. The molecule has 0 spiro atoms. The fourth-order valence-corrected chi connectivity index (χ4v) is 1.84. The van der Waals surface area contributed by atoms with E-state index in [9.17, 15) is 0 Å². The molecule has 2 atom stereocenters. The Bertz CT molecular complexity index is 273. The van der Waals surface area contributed by atoms with Crippen LogP contribution >= 0.6 is 0 Å². The monoisotopic (exact) mass is 191 g/mol. The minimum atomic E-state index is 0.360. The SMILES string of the molecule is CC1OCCC1NCc1ccccc1. The first-order chi connectivity index (χ1) is 6.86. The van der Waals surface area contributed by atoms with E-state index in [1.807, 2.05) is 6.07 Å². The highest BCUT2D eigenvalue weighted by Crippen LogP contribution is 2.13. The summed E-state index contributed by atoms with van der Waals surface area (Å²) in [4.78, 5) is 0. The molecular weight excluding hydrogens is 174 g/mol. The smallest absolute Gasteiger partial charge is 0.0700 e. The Balaban J connectivity index is 1.82. The summed E-state index contributed by atoms with van der Waals surface area (Å²) in [5.74, 6) is 0. The normalized spacial score (nSPS) is 26.6. The summed E-state index contributed by atoms with van der Waals surface area (Å²) in [6.07, 6.45) is 1.49. The maximum absolute atomic E-state index is 5.49. The molecule has 76 valence electrons. The first-order valence-electron chi connectivity index (χ1n) is 5.25. The number of nitrogens with one attached hydrogen (secondary N) is 1. The summed E-state index contributed by atoms with van der Waals surface area (Å²) in [5, 5.41) is 3.52. The minimum Gasteiger partial charge on any atom is -0.377 e. The number of benzene rings is 1. The van der Waals surface area contributed by atoms with Gasteiger partial charge in [0.1, 0.15) is 0 Å². The maximum Gasteiger partial charge on any atom is 0.0700 e. The van der Waals surface area contributed by atoms with Crippen LogP contribution in [-0.2, 0) is 11.3 Å². The van der Waals surface area contributed by atoms with Crippen LogP contribution in [0, 0.1) is 0 Å². The second kappa shape index (κ2) is 4.58. The summed E-state index contributed by atoms with van der Waals surface area (Å²) >= 11 is 0. The molecule has 1 saturated heterocycles. The molecule has 1 N–H and O–H groups in total. The van der Waals surface area contributed by atoms with Gasteiger partial charge in [-0.05, 0) is 18.9 Å². The summed E-state index contributed by atoms with van der Waals surface area (Å²) in [7, 11) is 0. The van der Waals surface area contributed by atoms with Gasteiger partial charge in [-0.3, -0.25) is 0 Å². The molecule has 2 heteroatoms. The predicted molar refractivity (Wildman–Crippen MR) is 57.1 cm³/mol. The molecule has 1 heterocycles. The molecule has 0 radical (unpaired) electrons. The van der Waals surface area contributed by atoms with Gasteiger partial charge in [0.2, 0.25) is 0 Å². The van der Waals surface area contributed by atoms with Gasteiger partial charge in [0.15, 0.2) is 0 Å². The third kappa shape index (κ3) is 2.34. The zero-order valence-electron chi connectivity index (χ0n) is 8.57. The highest BCUT2D eigenvalue weighted by molar-refractivity contribution is 5.14. The molecule has 0 saturated carbocycles. The number of hydrogen-bond acceptors (Lipinski definition) is 2. The lowest BCUT2D eigenvalue weighted by atomic mass is 10.1. The van der Waals surface area contributed by atoms with Crippen LogP contribution in [0.5, 0.6) is 0 Å². The van der Waals surface area contributed by atoms with Crippen molar-refractivity contribution in [3.63, 3.8) is 0 Å². The number of hydrogen-bond donors (Lipinski definition) is 1. The number of ether oxygens (including phenoxy) is 1. The second-order valence-corrected chi connectivity index (χ2v) is 3.84. The van der Waals surface area contributed by atoms with Crippen LogP contribution in [0.3, 0.4) is 0 Å². The molecule has 0 aliphatic carbocycles. The fraction of sp³-hybridized carbons (Fsp3) is 0.500. The van der Waals surface area contributed by atoms with Crippen molar-refractivity contribution in [3.8, 4) is 0 Å². The van der Waals surface area contributed by atoms with E-state index in [2.05, 4.69) is 36.5 Å². The predicted octanol–water partition coefficient (Wildman–Crippen LogP) is 1.95. The van der Waals surface area contributed by atoms with Crippen LogP contribution in [0.2, 0.25) is 0 Å². The molecule has 14 heavy (non-hydrogen) atoms. The van der Waals surface area contributed by atoms with Gasteiger partial charge in [-0.1, -0.05) is 30.3 Å². The summed E-state index contributed by atoms with van der Waals surface area (Å²) < 4.78 is 5.49. The van der Waals surface area contributed by atoms with Gasteiger partial charge in [0.25, 0.3) is 0 Å². The van der Waals surface area contributed by atoms with Gasteiger partial charge in [0.05, 0.1) is 6.10 Å². The van der Waals surface area contributed by atoms with Gasteiger partial charge in [-0.15, -0.1) is 0 Å². The summed E-state index contributed by atoms with van der Waals surface area (Å²) in [5.41, 5.74) is 1.34. The molecule has 1 aliphatic rings. The lowest BCUT2D eigenvalue weighted by molar-refractivity contribution is 0.113. The van der Waals surface area contributed by atoms with Crippen LogP contribution < -0.4 is 5.32 Å². The highest BCUT2D eigenvalue weighted by atomic mass is 16.5. The van der Waals surface area contributed by atoms with Crippen molar-refractivity contribution >= 4 is 0 Å². The van der Waals surface area contributed by atoms with Crippen LogP contribution in [0.25, 0.3) is 0 Å². The molecule has 1 aromatic carbocycles. The van der Waals surface area contributed by atoms with E-state index < -0.39 is 0 Å². The van der Waals surface area contributed by atoms with Gasteiger partial charge >= 0.3 is 0 Å². The molecule has 0 aromatic heterocycles. The Labute approximate surface area is 85.3 Å². The van der Waals surface area contributed by atoms with Crippen molar-refractivity contribution in [2.45, 2.75) is 32.0 Å². The second-order valence-electron chi connectivity index (χ2n) is 3.84. The summed E-state index contributed by atoms with van der Waals surface area (Å²) in [6, 6.07) is 11.0. The van der Waals surface area contributed by atoms with Crippen LogP contribution in [0.4, 0.5) is 0 Å². The number of rotatable bonds is 3. The van der Waals surface area contributed by atoms with E-state index in [0.717, 1.165) is 19.6 Å². The van der Waals surface area contributed by atoms with Gasteiger partial charge < -0.3 is 10.1 Å². The molecule has 0 bridgehead atoms. The van der Waals surface area contributed by atoms with E-state index in [-0.39, 0.29) is 0 Å². The Morgan fingerprint density at radius 3 is 2.79 bits per heavy atom. The van der Waals surface area contributed by atoms with E-state index in [1.54, 1.807) is 0 Å². The van der Waals surface area contributed by atoms with Crippen LogP contribution in [0.1, 0.15) is 18.9 Å². The van der Waals surface area contributed by atoms with E-state index in [0.29, 0.717) is 12.1 Å². The lowest BCUT2D eigenvalue weighted by Gasteiger charge is -2.15. The van der Waals surface area contributed by atoms with Gasteiger partial charge in [-0.25, -0.2) is 0 Å². The van der Waals surface area contributed by atoms with Crippen molar-refractivity contribution in [1.29, 1.82) is 0 Å². The average molecular weight is 191 g/mol. The first kappa shape index (κ1) is 9.69. The van der Waals surface area contributed by atoms with Crippen molar-refractivity contribution in [1.82, 2.24) is 5.32 Å². The molecule has 1 aromatic rings. The quantitative estimate of drug-likeness (QED) is 0.788. The molecule has 1 aliphatic heterocycles. The average Bonchev–Trinajstić information content (AvgIpc) is 2.63. The molecule has 2 nitrogen and oxygen atoms in total. The Hall–Kier alpha value is -0.860. The molecule has 1 fully saturated rings. The maximum atomic E-state index is 5.49. The summed E-state index contributed by atoms with van der Waals surface area (Å²) in [6.45, 7) is 3.97. The zero-order valence-corrected chi connectivity index (χ0v) is 8.57. The van der Waals surface area contributed by atoms with E-state index in [1.165, 1.54) is 5.56 Å². The third-order valence-electron chi connectivity index (χ3n) is 2.79. The van der Waals surface area contributed by atoms with E-state index >= 15 is 0 Å². The van der Waals surface area contributed by atoms with Crippen LogP contribution in [-0.4, -0.2) is 18.8 Å². The van der Waals surface area contributed by atoms with Crippen molar-refractivity contribution in [2.24, 2.45) is 0 Å². The molecule has 2 rings (SSSR count). The first-order valence-corrected chi connectivity index (χ1v) is 5.25. The van der Waals surface area contributed by atoms with E-state index in [4.69, 9.17) is 4.74 Å².